The minimum absolute atomic E-state index is 0.0126. The predicted octanol–water partition coefficient (Wildman–Crippen LogP) is 3.35. The van der Waals surface area contributed by atoms with E-state index in [4.69, 9.17) is 4.74 Å². The number of hydrogen-bond donors (Lipinski definition) is 0. The molecule has 6 nitrogen and oxygen atoms in total. The summed E-state index contributed by atoms with van der Waals surface area (Å²) in [7, 11) is 0. The fraction of sp³-hybridized carbons (Fsp3) is 0.263. The van der Waals surface area contributed by atoms with Crippen molar-refractivity contribution in [3.05, 3.63) is 54.7 Å². The molecule has 1 aromatic carbocycles. The number of ether oxygens (including phenoxy) is 1. The fourth-order valence-electron chi connectivity index (χ4n) is 2.48. The maximum atomic E-state index is 12.2. The summed E-state index contributed by atoms with van der Waals surface area (Å²) in [5.74, 6) is -0.359. The minimum atomic E-state index is -0.547. The molecule has 0 atom stereocenters. The van der Waals surface area contributed by atoms with Crippen LogP contribution in [0.5, 0.6) is 0 Å². The molecule has 0 aliphatic rings. The number of rotatable bonds is 4. The number of esters is 1. The van der Waals surface area contributed by atoms with Crippen LogP contribution < -0.4 is 0 Å². The van der Waals surface area contributed by atoms with Crippen LogP contribution in [0, 0.1) is 0 Å². The number of pyridine rings is 1. The van der Waals surface area contributed by atoms with E-state index in [-0.39, 0.29) is 12.5 Å². The summed E-state index contributed by atoms with van der Waals surface area (Å²) in [6.45, 7) is 5.50. The fourth-order valence-corrected chi connectivity index (χ4v) is 2.48. The molecule has 0 aliphatic carbocycles. The lowest BCUT2D eigenvalue weighted by atomic mass is 10.1. The molecule has 0 aliphatic heterocycles. The Hall–Kier alpha value is -3.02. The molecule has 0 spiro atoms. The lowest BCUT2D eigenvalue weighted by molar-refractivity contribution is -0.155. The van der Waals surface area contributed by atoms with Crippen LogP contribution in [0.3, 0.4) is 0 Å². The van der Waals surface area contributed by atoms with Gasteiger partial charge in [0.2, 0.25) is 0 Å². The summed E-state index contributed by atoms with van der Waals surface area (Å²) < 4.78 is 6.97. The SMILES string of the molecule is CC(C)(C)OC(=O)Cn1nnc(-c2ccccn2)c1-c1ccccc1. The van der Waals surface area contributed by atoms with E-state index in [9.17, 15) is 4.79 Å². The molecule has 25 heavy (non-hydrogen) atoms. The van der Waals surface area contributed by atoms with Crippen molar-refractivity contribution in [3.8, 4) is 22.6 Å². The second-order valence-electron chi connectivity index (χ2n) is 6.61. The average Bonchev–Trinajstić information content (AvgIpc) is 2.98. The van der Waals surface area contributed by atoms with E-state index in [2.05, 4.69) is 15.3 Å². The highest BCUT2D eigenvalue weighted by Gasteiger charge is 2.22. The monoisotopic (exact) mass is 336 g/mol. The Bertz CT molecular complexity index is 852. The Labute approximate surface area is 146 Å². The largest absolute Gasteiger partial charge is 0.459 e. The quantitative estimate of drug-likeness (QED) is 0.683. The molecule has 6 heteroatoms. The topological polar surface area (TPSA) is 69.9 Å². The van der Waals surface area contributed by atoms with Gasteiger partial charge >= 0.3 is 5.97 Å². The molecule has 2 aromatic heterocycles. The van der Waals surface area contributed by atoms with Crippen LogP contribution in [0.4, 0.5) is 0 Å². The standard InChI is InChI=1S/C19H20N4O2/c1-19(2,3)25-16(24)13-23-18(14-9-5-4-6-10-14)17(21-22-23)15-11-7-8-12-20-15/h4-12H,13H2,1-3H3. The highest BCUT2D eigenvalue weighted by molar-refractivity contribution is 5.78. The molecule has 0 saturated heterocycles. The zero-order valence-corrected chi connectivity index (χ0v) is 14.5. The van der Waals surface area contributed by atoms with Crippen LogP contribution in [0.15, 0.2) is 54.7 Å². The van der Waals surface area contributed by atoms with Gasteiger partial charge in [-0.3, -0.25) is 9.78 Å². The van der Waals surface area contributed by atoms with Gasteiger partial charge < -0.3 is 4.74 Å². The van der Waals surface area contributed by atoms with E-state index < -0.39 is 5.60 Å². The van der Waals surface area contributed by atoms with Gasteiger partial charge in [-0.05, 0) is 32.9 Å². The first-order chi connectivity index (χ1) is 11.9. The smallest absolute Gasteiger partial charge is 0.328 e. The number of hydrogen-bond acceptors (Lipinski definition) is 5. The molecule has 0 saturated carbocycles. The third-order valence-corrected chi connectivity index (χ3v) is 3.39. The van der Waals surface area contributed by atoms with Gasteiger partial charge in [0.25, 0.3) is 0 Å². The van der Waals surface area contributed by atoms with Crippen molar-refractivity contribution in [1.29, 1.82) is 0 Å². The van der Waals surface area contributed by atoms with Crippen molar-refractivity contribution in [2.45, 2.75) is 32.9 Å². The van der Waals surface area contributed by atoms with Gasteiger partial charge in [-0.15, -0.1) is 5.10 Å². The highest BCUT2D eigenvalue weighted by Crippen LogP contribution is 2.29. The Morgan fingerprint density at radius 3 is 2.44 bits per heavy atom. The third-order valence-electron chi connectivity index (χ3n) is 3.39. The van der Waals surface area contributed by atoms with Crippen molar-refractivity contribution in [2.24, 2.45) is 0 Å². The van der Waals surface area contributed by atoms with Gasteiger partial charge in [-0.25, -0.2) is 4.68 Å². The van der Waals surface area contributed by atoms with Gasteiger partial charge in [0.05, 0.1) is 11.4 Å². The number of nitrogens with zero attached hydrogens (tertiary/aromatic N) is 4. The zero-order chi connectivity index (χ0) is 17.9. The normalized spacial score (nSPS) is 11.3. The Morgan fingerprint density at radius 1 is 1.08 bits per heavy atom. The first-order valence-corrected chi connectivity index (χ1v) is 8.06. The first-order valence-electron chi connectivity index (χ1n) is 8.06. The highest BCUT2D eigenvalue weighted by atomic mass is 16.6. The molecule has 0 N–H and O–H groups in total. The van der Waals surface area contributed by atoms with Crippen molar-refractivity contribution in [1.82, 2.24) is 20.0 Å². The van der Waals surface area contributed by atoms with Gasteiger partial charge in [-0.2, -0.15) is 0 Å². The van der Waals surface area contributed by atoms with Crippen LogP contribution in [0.25, 0.3) is 22.6 Å². The summed E-state index contributed by atoms with van der Waals surface area (Å²) in [5.41, 5.74) is 2.45. The van der Waals surface area contributed by atoms with E-state index in [1.807, 2.05) is 69.3 Å². The van der Waals surface area contributed by atoms with Gasteiger partial charge in [0, 0.05) is 11.8 Å². The summed E-state index contributed by atoms with van der Waals surface area (Å²) in [6, 6.07) is 15.3. The number of carbonyl (C=O) groups excluding carboxylic acids is 1. The molecule has 2 heterocycles. The van der Waals surface area contributed by atoms with Crippen LogP contribution in [-0.4, -0.2) is 31.5 Å². The van der Waals surface area contributed by atoms with Crippen LogP contribution >= 0.6 is 0 Å². The Morgan fingerprint density at radius 2 is 1.80 bits per heavy atom. The van der Waals surface area contributed by atoms with E-state index in [0.717, 1.165) is 11.3 Å². The number of aromatic nitrogens is 4. The molecule has 0 unspecified atom stereocenters. The van der Waals surface area contributed by atoms with Crippen molar-refractivity contribution in [3.63, 3.8) is 0 Å². The average molecular weight is 336 g/mol. The van der Waals surface area contributed by atoms with Gasteiger partial charge in [0.1, 0.15) is 17.8 Å². The maximum absolute atomic E-state index is 12.2. The van der Waals surface area contributed by atoms with Crippen LogP contribution in [-0.2, 0) is 16.1 Å². The lowest BCUT2D eigenvalue weighted by Gasteiger charge is -2.19. The van der Waals surface area contributed by atoms with Crippen molar-refractivity contribution >= 4 is 5.97 Å². The maximum Gasteiger partial charge on any atom is 0.328 e. The molecular weight excluding hydrogens is 316 g/mol. The van der Waals surface area contributed by atoms with E-state index in [0.29, 0.717) is 11.4 Å². The summed E-state index contributed by atoms with van der Waals surface area (Å²) >= 11 is 0. The number of carbonyl (C=O) groups is 1. The van der Waals surface area contributed by atoms with E-state index in [1.165, 1.54) is 0 Å². The van der Waals surface area contributed by atoms with E-state index >= 15 is 0 Å². The zero-order valence-electron chi connectivity index (χ0n) is 14.5. The molecule has 3 rings (SSSR count). The summed E-state index contributed by atoms with van der Waals surface area (Å²) in [4.78, 5) is 16.6. The molecule has 3 aromatic rings. The second-order valence-corrected chi connectivity index (χ2v) is 6.61. The Balaban J connectivity index is 2.02. The van der Waals surface area contributed by atoms with Crippen molar-refractivity contribution < 1.29 is 9.53 Å². The van der Waals surface area contributed by atoms with Crippen LogP contribution in [0.2, 0.25) is 0 Å². The first kappa shape index (κ1) is 16.8. The van der Waals surface area contributed by atoms with Crippen LogP contribution in [0.1, 0.15) is 20.8 Å². The molecule has 128 valence electrons. The molecule has 0 radical (unpaired) electrons. The van der Waals surface area contributed by atoms with E-state index in [1.54, 1.807) is 10.9 Å². The molecule has 0 amide bonds. The lowest BCUT2D eigenvalue weighted by Crippen LogP contribution is -2.27. The van der Waals surface area contributed by atoms with Crippen molar-refractivity contribution in [2.75, 3.05) is 0 Å². The van der Waals surface area contributed by atoms with Gasteiger partial charge in [0.15, 0.2) is 0 Å². The Kier molecular flexibility index (Phi) is 4.61. The third kappa shape index (κ3) is 4.09. The second kappa shape index (κ2) is 6.84. The molecule has 0 bridgehead atoms. The van der Waals surface area contributed by atoms with Gasteiger partial charge in [-0.1, -0.05) is 41.6 Å². The molecule has 0 fully saturated rings. The summed E-state index contributed by atoms with van der Waals surface area (Å²) in [5, 5.41) is 8.42. The summed E-state index contributed by atoms with van der Waals surface area (Å²) in [6.07, 6.45) is 1.71. The minimum Gasteiger partial charge on any atom is -0.459 e. The molecular formula is C19H20N4O2. The number of benzene rings is 1. The predicted molar refractivity (Wildman–Crippen MR) is 94.5 cm³/mol.